The van der Waals surface area contributed by atoms with Crippen LogP contribution in [0.3, 0.4) is 0 Å². The highest BCUT2D eigenvalue weighted by Gasteiger charge is 2.18. The minimum Gasteiger partial charge on any atom is -0.384 e. The zero-order valence-electron chi connectivity index (χ0n) is 10.4. The Labute approximate surface area is 107 Å². The minimum atomic E-state index is 0.0263. The number of rotatable bonds is 2. The van der Waals surface area contributed by atoms with Gasteiger partial charge in [-0.1, -0.05) is 6.07 Å². The number of nitrogens with one attached hydrogen (secondary N) is 2. The first-order valence-electron chi connectivity index (χ1n) is 6.58. The van der Waals surface area contributed by atoms with E-state index in [1.165, 1.54) is 5.56 Å². The maximum absolute atomic E-state index is 12.1. The molecular formula is C14H18N2O2. The van der Waals surface area contributed by atoms with Gasteiger partial charge < -0.3 is 15.4 Å². The Morgan fingerprint density at radius 2 is 2.17 bits per heavy atom. The van der Waals surface area contributed by atoms with Gasteiger partial charge in [-0.05, 0) is 37.0 Å². The number of hydrogen-bond donors (Lipinski definition) is 2. The molecule has 1 saturated heterocycles. The Morgan fingerprint density at radius 3 is 3.00 bits per heavy atom. The van der Waals surface area contributed by atoms with Crippen molar-refractivity contribution in [1.82, 2.24) is 5.32 Å². The second-order valence-corrected chi connectivity index (χ2v) is 4.91. The zero-order valence-corrected chi connectivity index (χ0v) is 10.4. The van der Waals surface area contributed by atoms with Gasteiger partial charge in [0.15, 0.2) is 0 Å². The first-order valence-corrected chi connectivity index (χ1v) is 6.58. The third-order valence-electron chi connectivity index (χ3n) is 3.64. The Morgan fingerprint density at radius 1 is 1.33 bits per heavy atom. The van der Waals surface area contributed by atoms with Crippen molar-refractivity contribution in [3.63, 3.8) is 0 Å². The van der Waals surface area contributed by atoms with E-state index in [1.807, 2.05) is 18.2 Å². The molecule has 2 aliphatic heterocycles. The molecule has 18 heavy (non-hydrogen) atoms. The number of fused-ring (bicyclic) bond motifs is 1. The monoisotopic (exact) mass is 246 g/mol. The molecule has 2 N–H and O–H groups in total. The van der Waals surface area contributed by atoms with Crippen molar-refractivity contribution in [2.24, 2.45) is 0 Å². The van der Waals surface area contributed by atoms with Crippen LogP contribution < -0.4 is 10.6 Å². The topological polar surface area (TPSA) is 50.4 Å². The predicted molar refractivity (Wildman–Crippen MR) is 69.9 cm³/mol. The van der Waals surface area contributed by atoms with Crippen molar-refractivity contribution < 1.29 is 9.53 Å². The van der Waals surface area contributed by atoms with E-state index in [1.54, 1.807) is 0 Å². The van der Waals surface area contributed by atoms with E-state index in [2.05, 4.69) is 10.6 Å². The van der Waals surface area contributed by atoms with Crippen LogP contribution in [0, 0.1) is 0 Å². The summed E-state index contributed by atoms with van der Waals surface area (Å²) in [4.78, 5) is 12.1. The van der Waals surface area contributed by atoms with Gasteiger partial charge in [-0.25, -0.2) is 0 Å². The van der Waals surface area contributed by atoms with Gasteiger partial charge in [0.2, 0.25) is 0 Å². The van der Waals surface area contributed by atoms with Crippen LogP contribution in [0.4, 0.5) is 5.69 Å². The van der Waals surface area contributed by atoms with Crippen molar-refractivity contribution >= 4 is 11.6 Å². The lowest BCUT2D eigenvalue weighted by atomic mass is 10.1. The summed E-state index contributed by atoms with van der Waals surface area (Å²) >= 11 is 0. The highest BCUT2D eigenvalue weighted by atomic mass is 16.5. The summed E-state index contributed by atoms with van der Waals surface area (Å²) < 4.78 is 5.29. The van der Waals surface area contributed by atoms with Gasteiger partial charge in [0, 0.05) is 37.1 Å². The number of ether oxygens (including phenoxy) is 1. The molecule has 0 aromatic heterocycles. The average Bonchev–Trinajstić information content (AvgIpc) is 2.87. The Kier molecular flexibility index (Phi) is 3.19. The van der Waals surface area contributed by atoms with Crippen LogP contribution in [-0.4, -0.2) is 31.7 Å². The predicted octanol–water partition coefficient (Wildman–Crippen LogP) is 1.56. The zero-order chi connectivity index (χ0) is 12.4. The summed E-state index contributed by atoms with van der Waals surface area (Å²) in [5.41, 5.74) is 3.15. The maximum Gasteiger partial charge on any atom is 0.251 e. The van der Waals surface area contributed by atoms with E-state index in [4.69, 9.17) is 4.74 Å². The molecule has 4 nitrogen and oxygen atoms in total. The molecule has 0 unspecified atom stereocenters. The van der Waals surface area contributed by atoms with E-state index in [9.17, 15) is 4.79 Å². The lowest BCUT2D eigenvalue weighted by molar-refractivity contribution is 0.0696. The molecule has 96 valence electrons. The van der Waals surface area contributed by atoms with Crippen LogP contribution in [0.15, 0.2) is 18.2 Å². The number of carbonyl (C=O) groups is 1. The van der Waals surface area contributed by atoms with Gasteiger partial charge in [0.1, 0.15) is 0 Å². The number of anilines is 1. The standard InChI is InChI=1S/C14H18N2O2/c17-14(16-12-4-7-18-8-5-12)11-2-1-10-3-6-15-13(10)9-11/h1-2,9,12,15H,3-8H2,(H,16,17). The SMILES string of the molecule is O=C(NC1CCOCC1)c1ccc2c(c1)NCC2. The van der Waals surface area contributed by atoms with Crippen molar-refractivity contribution in [2.45, 2.75) is 25.3 Å². The van der Waals surface area contributed by atoms with Crippen molar-refractivity contribution in [1.29, 1.82) is 0 Å². The van der Waals surface area contributed by atoms with Gasteiger partial charge >= 0.3 is 0 Å². The summed E-state index contributed by atoms with van der Waals surface area (Å²) in [7, 11) is 0. The Balaban J connectivity index is 1.68. The van der Waals surface area contributed by atoms with Gasteiger partial charge in [0.25, 0.3) is 5.91 Å². The normalized spacial score (nSPS) is 19.1. The molecule has 1 aromatic rings. The third-order valence-corrected chi connectivity index (χ3v) is 3.64. The maximum atomic E-state index is 12.1. The number of amides is 1. The van der Waals surface area contributed by atoms with Gasteiger partial charge in [-0.3, -0.25) is 4.79 Å². The van der Waals surface area contributed by atoms with Crippen molar-refractivity contribution in [2.75, 3.05) is 25.1 Å². The minimum absolute atomic E-state index is 0.0263. The van der Waals surface area contributed by atoms with Crippen LogP contribution >= 0.6 is 0 Å². The van der Waals surface area contributed by atoms with Gasteiger partial charge in [0.05, 0.1) is 0 Å². The summed E-state index contributed by atoms with van der Waals surface area (Å²) in [5.74, 6) is 0.0263. The second kappa shape index (κ2) is 4.98. The van der Waals surface area contributed by atoms with Crippen LogP contribution in [0.5, 0.6) is 0 Å². The highest BCUT2D eigenvalue weighted by Crippen LogP contribution is 2.23. The molecule has 2 heterocycles. The molecule has 4 heteroatoms. The Bertz CT molecular complexity index is 453. The van der Waals surface area contributed by atoms with E-state index in [0.717, 1.165) is 50.3 Å². The van der Waals surface area contributed by atoms with Gasteiger partial charge in [-0.15, -0.1) is 0 Å². The smallest absolute Gasteiger partial charge is 0.251 e. The van der Waals surface area contributed by atoms with Crippen LogP contribution in [0.25, 0.3) is 0 Å². The molecule has 1 amide bonds. The molecule has 0 aliphatic carbocycles. The van der Waals surface area contributed by atoms with Crippen LogP contribution in [-0.2, 0) is 11.2 Å². The third kappa shape index (κ3) is 2.34. The lowest BCUT2D eigenvalue weighted by Crippen LogP contribution is -2.38. The first-order chi connectivity index (χ1) is 8.83. The fourth-order valence-corrected chi connectivity index (χ4v) is 2.54. The summed E-state index contributed by atoms with van der Waals surface area (Å²) in [6.45, 7) is 2.47. The van der Waals surface area contributed by atoms with Crippen LogP contribution in [0.2, 0.25) is 0 Å². The summed E-state index contributed by atoms with van der Waals surface area (Å²) in [6.07, 6.45) is 2.88. The van der Waals surface area contributed by atoms with E-state index < -0.39 is 0 Å². The quantitative estimate of drug-likeness (QED) is 0.832. The van der Waals surface area contributed by atoms with Crippen molar-refractivity contribution in [3.05, 3.63) is 29.3 Å². The Hall–Kier alpha value is -1.55. The number of carbonyl (C=O) groups excluding carboxylic acids is 1. The van der Waals surface area contributed by atoms with Crippen LogP contribution in [0.1, 0.15) is 28.8 Å². The lowest BCUT2D eigenvalue weighted by Gasteiger charge is -2.23. The van der Waals surface area contributed by atoms with E-state index in [0.29, 0.717) is 0 Å². The highest BCUT2D eigenvalue weighted by molar-refractivity contribution is 5.95. The van der Waals surface area contributed by atoms with Crippen molar-refractivity contribution in [3.8, 4) is 0 Å². The molecule has 1 aromatic carbocycles. The second-order valence-electron chi connectivity index (χ2n) is 4.91. The molecule has 1 fully saturated rings. The average molecular weight is 246 g/mol. The summed E-state index contributed by atoms with van der Waals surface area (Å²) in [6, 6.07) is 6.18. The molecule has 3 rings (SSSR count). The molecular weight excluding hydrogens is 228 g/mol. The number of hydrogen-bond acceptors (Lipinski definition) is 3. The molecule has 0 saturated carbocycles. The first kappa shape index (κ1) is 11.5. The molecule has 0 atom stereocenters. The van der Waals surface area contributed by atoms with Gasteiger partial charge in [-0.2, -0.15) is 0 Å². The van der Waals surface area contributed by atoms with E-state index >= 15 is 0 Å². The fraction of sp³-hybridized carbons (Fsp3) is 0.500. The summed E-state index contributed by atoms with van der Waals surface area (Å²) in [5, 5.41) is 6.38. The molecule has 0 radical (unpaired) electrons. The molecule has 2 aliphatic rings. The number of benzene rings is 1. The molecule has 0 bridgehead atoms. The largest absolute Gasteiger partial charge is 0.384 e. The fourth-order valence-electron chi connectivity index (χ4n) is 2.54. The van der Waals surface area contributed by atoms with E-state index in [-0.39, 0.29) is 11.9 Å². The molecule has 0 spiro atoms.